The average molecular weight is 194 g/mol. The molecule has 0 bridgehead atoms. The molecule has 1 saturated carbocycles. The minimum Gasteiger partial charge on any atom is -0.299 e. The van der Waals surface area contributed by atoms with E-state index >= 15 is 0 Å². The van der Waals surface area contributed by atoms with Crippen molar-refractivity contribution in [2.24, 2.45) is 5.41 Å². The lowest BCUT2D eigenvalue weighted by Gasteiger charge is -2.11. The Hall–Kier alpha value is -0.590. The maximum atomic E-state index is 11.9. The Morgan fingerprint density at radius 2 is 2.00 bits per heavy atom. The van der Waals surface area contributed by atoms with Crippen LogP contribution in [0.3, 0.4) is 0 Å². The molecule has 0 spiro atoms. The Morgan fingerprint density at radius 1 is 1.36 bits per heavy atom. The molecule has 14 heavy (non-hydrogen) atoms. The van der Waals surface area contributed by atoms with E-state index in [4.69, 9.17) is 0 Å². The van der Waals surface area contributed by atoms with Crippen LogP contribution in [-0.4, -0.2) is 5.78 Å². The summed E-state index contributed by atoms with van der Waals surface area (Å²) in [6.45, 7) is 6.35. The molecule has 80 valence electrons. The van der Waals surface area contributed by atoms with Crippen LogP contribution in [-0.2, 0) is 4.79 Å². The number of unbranched alkanes of at least 4 members (excludes halogenated alkanes) is 1. The Balaban J connectivity index is 2.41. The van der Waals surface area contributed by atoms with Crippen LogP contribution in [0.5, 0.6) is 0 Å². The van der Waals surface area contributed by atoms with Crippen LogP contribution in [0.25, 0.3) is 0 Å². The predicted octanol–water partition coefficient (Wildman–Crippen LogP) is 3.88. The summed E-state index contributed by atoms with van der Waals surface area (Å²) < 4.78 is 0. The topological polar surface area (TPSA) is 17.1 Å². The molecular weight excluding hydrogens is 172 g/mol. The first kappa shape index (κ1) is 11.5. The highest BCUT2D eigenvalue weighted by Gasteiger charge is 2.47. The van der Waals surface area contributed by atoms with Gasteiger partial charge in [-0.15, -0.1) is 0 Å². The van der Waals surface area contributed by atoms with Gasteiger partial charge in [0.25, 0.3) is 0 Å². The number of hydrogen-bond donors (Lipinski definition) is 0. The van der Waals surface area contributed by atoms with E-state index in [1.54, 1.807) is 0 Å². The Bertz CT molecular complexity index is 230. The van der Waals surface area contributed by atoms with Crippen molar-refractivity contribution < 1.29 is 4.79 Å². The highest BCUT2D eigenvalue weighted by atomic mass is 16.1. The molecule has 0 heterocycles. The fourth-order valence-corrected chi connectivity index (χ4v) is 1.75. The van der Waals surface area contributed by atoms with Crippen LogP contribution in [0.4, 0.5) is 0 Å². The van der Waals surface area contributed by atoms with Crippen LogP contribution < -0.4 is 0 Å². The molecule has 0 aromatic rings. The highest BCUT2D eigenvalue weighted by Crippen LogP contribution is 2.51. The van der Waals surface area contributed by atoms with Gasteiger partial charge >= 0.3 is 0 Å². The molecule has 0 atom stereocenters. The van der Waals surface area contributed by atoms with E-state index in [0.29, 0.717) is 5.78 Å². The first-order valence-electron chi connectivity index (χ1n) is 5.77. The van der Waals surface area contributed by atoms with E-state index in [1.165, 1.54) is 5.57 Å². The number of rotatable bonds is 6. The van der Waals surface area contributed by atoms with E-state index < -0.39 is 0 Å². The fraction of sp³-hybridized carbons (Fsp3) is 0.769. The Morgan fingerprint density at radius 3 is 2.43 bits per heavy atom. The molecule has 0 aromatic carbocycles. The van der Waals surface area contributed by atoms with Gasteiger partial charge in [-0.3, -0.25) is 4.79 Å². The first-order chi connectivity index (χ1) is 6.60. The largest absolute Gasteiger partial charge is 0.299 e. The molecule has 1 rings (SSSR count). The molecule has 0 saturated heterocycles. The quantitative estimate of drug-likeness (QED) is 0.586. The molecule has 0 radical (unpaired) electrons. The van der Waals surface area contributed by atoms with Gasteiger partial charge in [-0.1, -0.05) is 25.0 Å². The van der Waals surface area contributed by atoms with Crippen molar-refractivity contribution in [3.8, 4) is 0 Å². The van der Waals surface area contributed by atoms with Crippen LogP contribution in [0.15, 0.2) is 11.6 Å². The summed E-state index contributed by atoms with van der Waals surface area (Å²) in [6.07, 6.45) is 8.44. The van der Waals surface area contributed by atoms with Gasteiger partial charge in [0, 0.05) is 11.8 Å². The third-order valence-electron chi connectivity index (χ3n) is 3.10. The second-order valence-electron chi connectivity index (χ2n) is 4.79. The van der Waals surface area contributed by atoms with Crippen molar-refractivity contribution in [1.29, 1.82) is 0 Å². The Labute approximate surface area is 87.6 Å². The molecule has 0 aromatic heterocycles. The predicted molar refractivity (Wildman–Crippen MR) is 60.2 cm³/mol. The van der Waals surface area contributed by atoms with E-state index in [9.17, 15) is 4.79 Å². The third kappa shape index (κ3) is 2.97. The molecule has 0 amide bonds. The lowest BCUT2D eigenvalue weighted by atomic mass is 9.92. The number of allylic oxidation sites excluding steroid dienone is 2. The zero-order valence-electron chi connectivity index (χ0n) is 9.73. The monoisotopic (exact) mass is 194 g/mol. The molecule has 1 fully saturated rings. The van der Waals surface area contributed by atoms with Gasteiger partial charge in [-0.25, -0.2) is 0 Å². The minimum atomic E-state index is 0.0758. The Kier molecular flexibility index (Phi) is 3.91. The van der Waals surface area contributed by atoms with Gasteiger partial charge < -0.3 is 0 Å². The molecule has 1 nitrogen and oxygen atoms in total. The number of Topliss-reactive ketones (excluding diaryl/α,β-unsaturated/α-hetero) is 1. The molecule has 0 aliphatic heterocycles. The molecule has 0 N–H and O–H groups in total. The number of hydrogen-bond acceptors (Lipinski definition) is 1. The zero-order valence-corrected chi connectivity index (χ0v) is 9.73. The fourth-order valence-electron chi connectivity index (χ4n) is 1.75. The van der Waals surface area contributed by atoms with E-state index in [-0.39, 0.29) is 5.41 Å². The van der Waals surface area contributed by atoms with Gasteiger partial charge in [0.15, 0.2) is 0 Å². The van der Waals surface area contributed by atoms with E-state index in [1.807, 2.05) is 0 Å². The van der Waals surface area contributed by atoms with Crippen molar-refractivity contribution in [3.63, 3.8) is 0 Å². The maximum Gasteiger partial charge on any atom is 0.139 e. The summed E-state index contributed by atoms with van der Waals surface area (Å²) >= 11 is 0. The summed E-state index contributed by atoms with van der Waals surface area (Å²) in [5.74, 6) is 0.511. The lowest BCUT2D eigenvalue weighted by Crippen LogP contribution is -2.14. The van der Waals surface area contributed by atoms with Crippen molar-refractivity contribution in [1.82, 2.24) is 0 Å². The first-order valence-corrected chi connectivity index (χ1v) is 5.77. The van der Waals surface area contributed by atoms with Crippen LogP contribution >= 0.6 is 0 Å². The average Bonchev–Trinajstić information content (AvgIpc) is 2.92. The zero-order chi connectivity index (χ0) is 10.6. The van der Waals surface area contributed by atoms with Gasteiger partial charge in [0.1, 0.15) is 5.78 Å². The summed E-state index contributed by atoms with van der Waals surface area (Å²) in [7, 11) is 0. The maximum absolute atomic E-state index is 11.9. The number of ketones is 1. The summed E-state index contributed by atoms with van der Waals surface area (Å²) in [6, 6.07) is 0. The molecule has 0 unspecified atom stereocenters. The van der Waals surface area contributed by atoms with E-state index in [2.05, 4.69) is 26.8 Å². The SMILES string of the molecule is CCCCC(=O)C1(CC=C(C)C)CC1. The number of carbonyl (C=O) groups excluding carboxylic acids is 1. The molecular formula is C13H22O. The molecule has 1 heteroatoms. The standard InChI is InChI=1S/C13H22O/c1-4-5-6-12(14)13(9-10-13)8-7-11(2)3/h7H,4-6,8-10H2,1-3H3. The number of carbonyl (C=O) groups is 1. The summed E-state index contributed by atoms with van der Waals surface area (Å²) in [5.41, 5.74) is 1.41. The summed E-state index contributed by atoms with van der Waals surface area (Å²) in [4.78, 5) is 11.9. The molecule has 1 aliphatic rings. The van der Waals surface area contributed by atoms with Crippen LogP contribution in [0.2, 0.25) is 0 Å². The van der Waals surface area contributed by atoms with Crippen molar-refractivity contribution in [2.45, 2.75) is 59.3 Å². The summed E-state index contributed by atoms with van der Waals surface area (Å²) in [5, 5.41) is 0. The van der Waals surface area contributed by atoms with Crippen molar-refractivity contribution in [2.75, 3.05) is 0 Å². The minimum absolute atomic E-state index is 0.0758. The van der Waals surface area contributed by atoms with Gasteiger partial charge in [-0.05, 0) is 39.5 Å². The smallest absolute Gasteiger partial charge is 0.139 e. The van der Waals surface area contributed by atoms with Crippen LogP contribution in [0, 0.1) is 5.41 Å². The second-order valence-corrected chi connectivity index (χ2v) is 4.79. The van der Waals surface area contributed by atoms with Gasteiger partial charge in [0.2, 0.25) is 0 Å². The third-order valence-corrected chi connectivity index (χ3v) is 3.10. The van der Waals surface area contributed by atoms with E-state index in [0.717, 1.165) is 38.5 Å². The van der Waals surface area contributed by atoms with Gasteiger partial charge in [-0.2, -0.15) is 0 Å². The normalized spacial score (nSPS) is 17.6. The van der Waals surface area contributed by atoms with Gasteiger partial charge in [0.05, 0.1) is 0 Å². The lowest BCUT2D eigenvalue weighted by molar-refractivity contribution is -0.124. The molecule has 1 aliphatic carbocycles. The van der Waals surface area contributed by atoms with Crippen molar-refractivity contribution >= 4 is 5.78 Å². The van der Waals surface area contributed by atoms with Crippen LogP contribution in [0.1, 0.15) is 59.3 Å². The van der Waals surface area contributed by atoms with Crippen molar-refractivity contribution in [3.05, 3.63) is 11.6 Å². The second kappa shape index (κ2) is 4.77. The highest BCUT2D eigenvalue weighted by molar-refractivity contribution is 5.87.